The number of amides is 1. The summed E-state index contributed by atoms with van der Waals surface area (Å²) in [4.78, 5) is 25.6. The average molecular weight is 501 g/mol. The molecule has 1 aromatic carbocycles. The first-order valence-corrected chi connectivity index (χ1v) is 13.2. The molecule has 5 fully saturated rings. The molecule has 172 valence electrons. The first-order chi connectivity index (χ1) is 15.4. The summed E-state index contributed by atoms with van der Waals surface area (Å²) in [5, 5.41) is 13.0. The summed E-state index contributed by atoms with van der Waals surface area (Å²) in [6.07, 6.45) is 9.44. The molecule has 1 heterocycles. The number of nitrogens with zero attached hydrogens (tertiary/aromatic N) is 1. The van der Waals surface area contributed by atoms with Crippen LogP contribution in [0.1, 0.15) is 85.2 Å². The first-order valence-electron chi connectivity index (χ1n) is 12.5. The van der Waals surface area contributed by atoms with Crippen LogP contribution in [-0.2, 0) is 10.2 Å². The summed E-state index contributed by atoms with van der Waals surface area (Å²) in [5.74, 6) is 2.34. The van der Waals surface area contributed by atoms with Crippen molar-refractivity contribution in [2.75, 3.05) is 13.1 Å². The maximum Gasteiger partial charge on any atom is 0.303 e. The van der Waals surface area contributed by atoms with Crippen molar-refractivity contribution in [3.05, 3.63) is 34.9 Å². The Morgan fingerprint density at radius 2 is 1.72 bits per heavy atom. The molecule has 0 radical (unpaired) electrons. The third-order valence-corrected chi connectivity index (χ3v) is 10.3. The summed E-state index contributed by atoms with van der Waals surface area (Å²) in [5.41, 5.74) is 2.99. The van der Waals surface area contributed by atoms with E-state index < -0.39 is 5.97 Å². The maximum absolute atomic E-state index is 14.0. The van der Waals surface area contributed by atoms with Crippen LogP contribution in [0, 0.1) is 23.7 Å². The molecule has 6 aliphatic rings. The lowest BCUT2D eigenvalue weighted by Crippen LogP contribution is -2.54. The molecule has 7 rings (SSSR count). The molecule has 1 spiro atoms. The maximum atomic E-state index is 14.0. The molecule has 1 aliphatic heterocycles. The standard InChI is InChI=1S/C26H33BrN2O3/c27-29(24-17-9-15-8-16(11-17)12-18(24)10-15)25(32)21-3-1-2-20-19(13-22(30)31)14-26(23(20)21)4-6-28-7-5-26/h1-3,15-19,24,28H,4-14H2,(H,30,31). The highest BCUT2D eigenvalue weighted by atomic mass is 79.9. The minimum atomic E-state index is -0.751. The minimum Gasteiger partial charge on any atom is -0.481 e. The molecule has 5 aliphatic carbocycles. The van der Waals surface area contributed by atoms with Crippen molar-refractivity contribution < 1.29 is 14.7 Å². The van der Waals surface area contributed by atoms with E-state index in [-0.39, 0.29) is 23.7 Å². The van der Waals surface area contributed by atoms with Gasteiger partial charge in [0.25, 0.3) is 5.91 Å². The predicted octanol–water partition coefficient (Wildman–Crippen LogP) is 4.85. The molecule has 1 amide bonds. The van der Waals surface area contributed by atoms with Gasteiger partial charge in [-0.2, -0.15) is 0 Å². The Kier molecular flexibility index (Phi) is 5.18. The van der Waals surface area contributed by atoms with E-state index in [0.717, 1.165) is 60.9 Å². The second-order valence-corrected chi connectivity index (χ2v) is 12.1. The first kappa shape index (κ1) is 21.2. The van der Waals surface area contributed by atoms with Gasteiger partial charge in [0.15, 0.2) is 0 Å². The summed E-state index contributed by atoms with van der Waals surface area (Å²) >= 11 is 3.79. The number of rotatable bonds is 4. The van der Waals surface area contributed by atoms with Crippen LogP contribution in [-0.4, -0.2) is 40.0 Å². The zero-order valence-corrected chi connectivity index (χ0v) is 20.1. The number of hydrogen-bond acceptors (Lipinski definition) is 3. The molecule has 1 saturated heterocycles. The van der Waals surface area contributed by atoms with Gasteiger partial charge in [-0.15, -0.1) is 0 Å². The molecule has 2 N–H and O–H groups in total. The Labute approximate surface area is 198 Å². The van der Waals surface area contributed by atoms with Crippen molar-refractivity contribution in [3.63, 3.8) is 0 Å². The lowest BCUT2D eigenvalue weighted by molar-refractivity contribution is -0.137. The minimum absolute atomic E-state index is 0.00157. The van der Waals surface area contributed by atoms with Crippen LogP contribution in [0.15, 0.2) is 18.2 Å². The molecule has 6 heteroatoms. The molecule has 1 unspecified atom stereocenters. The van der Waals surface area contributed by atoms with Crippen LogP contribution in [0.2, 0.25) is 0 Å². The molecule has 4 bridgehead atoms. The van der Waals surface area contributed by atoms with E-state index in [0.29, 0.717) is 17.9 Å². The summed E-state index contributed by atoms with van der Waals surface area (Å²) < 4.78 is 1.93. The van der Waals surface area contributed by atoms with Crippen LogP contribution in [0.3, 0.4) is 0 Å². The topological polar surface area (TPSA) is 69.6 Å². The highest BCUT2D eigenvalue weighted by Gasteiger charge is 2.52. The van der Waals surface area contributed by atoms with Gasteiger partial charge < -0.3 is 10.4 Å². The lowest BCUT2D eigenvalue weighted by atomic mass is 9.54. The highest BCUT2D eigenvalue weighted by molar-refractivity contribution is 9.07. The number of nitrogens with one attached hydrogen (secondary N) is 1. The third kappa shape index (κ3) is 3.27. The normalized spacial score (nSPS) is 36.3. The van der Waals surface area contributed by atoms with E-state index in [1.807, 2.05) is 16.1 Å². The number of benzene rings is 1. The molecular formula is C26H33BrN2O3. The van der Waals surface area contributed by atoms with Gasteiger partial charge in [0, 0.05) is 11.6 Å². The molecule has 32 heavy (non-hydrogen) atoms. The number of carboxylic acid groups (broad SMARTS) is 1. The van der Waals surface area contributed by atoms with Crippen LogP contribution in [0.25, 0.3) is 0 Å². The molecule has 0 aromatic heterocycles. The number of carbonyl (C=O) groups excluding carboxylic acids is 1. The highest BCUT2D eigenvalue weighted by Crippen LogP contribution is 2.57. The van der Waals surface area contributed by atoms with E-state index in [1.165, 1.54) is 32.1 Å². The predicted molar refractivity (Wildman–Crippen MR) is 126 cm³/mol. The van der Waals surface area contributed by atoms with E-state index in [9.17, 15) is 14.7 Å². The van der Waals surface area contributed by atoms with Crippen molar-refractivity contribution >= 4 is 28.0 Å². The van der Waals surface area contributed by atoms with Crippen molar-refractivity contribution in [2.45, 2.75) is 75.2 Å². The lowest BCUT2D eigenvalue weighted by Gasteiger charge is -2.56. The fraction of sp³-hybridized carbons (Fsp3) is 0.692. The fourth-order valence-electron chi connectivity index (χ4n) is 8.63. The van der Waals surface area contributed by atoms with Crippen LogP contribution in [0.4, 0.5) is 0 Å². The number of piperidine rings is 1. The molecule has 5 nitrogen and oxygen atoms in total. The monoisotopic (exact) mass is 500 g/mol. The summed E-state index contributed by atoms with van der Waals surface area (Å²) in [6.45, 7) is 1.85. The van der Waals surface area contributed by atoms with Crippen molar-refractivity contribution in [3.8, 4) is 0 Å². The summed E-state index contributed by atoms with van der Waals surface area (Å²) in [7, 11) is 0. The van der Waals surface area contributed by atoms with Gasteiger partial charge in [0.1, 0.15) is 0 Å². The van der Waals surface area contributed by atoms with E-state index in [4.69, 9.17) is 0 Å². The van der Waals surface area contributed by atoms with Crippen molar-refractivity contribution in [2.24, 2.45) is 23.7 Å². The third-order valence-electron chi connectivity index (χ3n) is 9.55. The smallest absolute Gasteiger partial charge is 0.303 e. The molecule has 4 saturated carbocycles. The zero-order valence-electron chi connectivity index (χ0n) is 18.6. The number of hydrogen-bond donors (Lipinski definition) is 2. The molecular weight excluding hydrogens is 468 g/mol. The van der Waals surface area contributed by atoms with Crippen LogP contribution < -0.4 is 5.32 Å². The van der Waals surface area contributed by atoms with Gasteiger partial charge in [-0.25, -0.2) is 0 Å². The Balaban J connectivity index is 1.36. The number of aliphatic carboxylic acids is 1. The largest absolute Gasteiger partial charge is 0.481 e. The van der Waals surface area contributed by atoms with Gasteiger partial charge in [0.2, 0.25) is 0 Å². The molecule has 1 atom stereocenters. The average Bonchev–Trinajstić information content (AvgIpc) is 3.05. The van der Waals surface area contributed by atoms with E-state index in [1.54, 1.807) is 0 Å². The zero-order chi connectivity index (χ0) is 22.0. The van der Waals surface area contributed by atoms with E-state index in [2.05, 4.69) is 27.5 Å². The Hall–Kier alpha value is -1.40. The van der Waals surface area contributed by atoms with Crippen molar-refractivity contribution in [1.29, 1.82) is 0 Å². The van der Waals surface area contributed by atoms with Crippen molar-refractivity contribution in [1.82, 2.24) is 9.24 Å². The number of carbonyl (C=O) groups is 2. The van der Waals surface area contributed by atoms with Gasteiger partial charge in [-0.1, -0.05) is 12.1 Å². The van der Waals surface area contributed by atoms with Crippen LogP contribution in [0.5, 0.6) is 0 Å². The number of fused-ring (bicyclic) bond motifs is 2. The Morgan fingerprint density at radius 1 is 1.06 bits per heavy atom. The fourth-order valence-corrected chi connectivity index (χ4v) is 9.49. The SMILES string of the molecule is O=C(O)CC1CC2(CCNCC2)c2c(C(=O)N(Br)C3C4CC5CC(C4)CC3C5)cccc21. The Bertz CT molecular complexity index is 913. The van der Waals surface area contributed by atoms with Gasteiger partial charge >= 0.3 is 5.97 Å². The number of halogens is 1. The Morgan fingerprint density at radius 3 is 2.34 bits per heavy atom. The number of carboxylic acids is 1. The van der Waals surface area contributed by atoms with Crippen LogP contribution >= 0.6 is 16.1 Å². The quantitative estimate of drug-likeness (QED) is 0.579. The molecule has 1 aromatic rings. The second-order valence-electron chi connectivity index (χ2n) is 11.3. The second kappa shape index (κ2) is 7.83. The van der Waals surface area contributed by atoms with Gasteiger partial charge in [-0.05, 0) is 117 Å². The van der Waals surface area contributed by atoms with Gasteiger partial charge in [0.05, 0.1) is 22.6 Å². The van der Waals surface area contributed by atoms with Gasteiger partial charge in [-0.3, -0.25) is 13.5 Å². The van der Waals surface area contributed by atoms with E-state index >= 15 is 0 Å². The summed E-state index contributed by atoms with van der Waals surface area (Å²) in [6, 6.07) is 6.35.